The molecule has 0 aromatic heterocycles. The van der Waals surface area contributed by atoms with E-state index in [1.54, 1.807) is 0 Å². The Labute approximate surface area is 85.7 Å². The predicted molar refractivity (Wildman–Crippen MR) is 54.9 cm³/mol. The zero-order valence-electron chi connectivity index (χ0n) is 9.17. The summed E-state index contributed by atoms with van der Waals surface area (Å²) >= 11 is 0. The topological polar surface area (TPSA) is 3.24 Å². The summed E-state index contributed by atoms with van der Waals surface area (Å²) in [5.41, 5.74) is 0.279. The zero-order chi connectivity index (χ0) is 9.92. The van der Waals surface area contributed by atoms with Crippen molar-refractivity contribution in [2.24, 2.45) is 11.8 Å². The quantitative estimate of drug-likeness (QED) is 0.657. The lowest BCUT2D eigenvalue weighted by Gasteiger charge is -2.36. The van der Waals surface area contributed by atoms with Crippen molar-refractivity contribution in [3.8, 4) is 0 Å². The SMILES string of the molecule is CC(C)CC12CC(F)CN1C1CC1C2. The average molecular weight is 197 g/mol. The molecule has 2 saturated heterocycles. The number of alkyl halides is 1. The first-order valence-electron chi connectivity index (χ1n) is 6.01. The van der Waals surface area contributed by atoms with Gasteiger partial charge in [-0.25, -0.2) is 4.39 Å². The van der Waals surface area contributed by atoms with E-state index in [-0.39, 0.29) is 5.54 Å². The Balaban J connectivity index is 1.82. The van der Waals surface area contributed by atoms with Crippen LogP contribution in [-0.4, -0.2) is 29.2 Å². The van der Waals surface area contributed by atoms with E-state index in [9.17, 15) is 4.39 Å². The molecule has 2 aliphatic heterocycles. The third-order valence-electron chi connectivity index (χ3n) is 4.32. The van der Waals surface area contributed by atoms with Gasteiger partial charge < -0.3 is 0 Å². The molecule has 14 heavy (non-hydrogen) atoms. The minimum atomic E-state index is -0.546. The molecule has 4 atom stereocenters. The molecule has 4 unspecified atom stereocenters. The second-order valence-corrected chi connectivity index (χ2v) is 6.04. The van der Waals surface area contributed by atoms with Crippen LogP contribution in [0.25, 0.3) is 0 Å². The molecule has 80 valence electrons. The number of fused-ring (bicyclic) bond motifs is 3. The molecule has 0 N–H and O–H groups in total. The van der Waals surface area contributed by atoms with Gasteiger partial charge in [0, 0.05) is 18.1 Å². The van der Waals surface area contributed by atoms with E-state index in [1.165, 1.54) is 19.3 Å². The third-order valence-corrected chi connectivity index (χ3v) is 4.32. The van der Waals surface area contributed by atoms with Crippen LogP contribution in [0.15, 0.2) is 0 Å². The minimum absolute atomic E-state index is 0.279. The van der Waals surface area contributed by atoms with Gasteiger partial charge in [0.05, 0.1) is 0 Å². The number of halogens is 1. The summed E-state index contributed by atoms with van der Waals surface area (Å²) in [6.45, 7) is 5.26. The summed E-state index contributed by atoms with van der Waals surface area (Å²) in [6.07, 6.45) is 4.12. The van der Waals surface area contributed by atoms with Gasteiger partial charge in [0.15, 0.2) is 0 Å². The van der Waals surface area contributed by atoms with Gasteiger partial charge in [-0.1, -0.05) is 13.8 Å². The van der Waals surface area contributed by atoms with Crippen molar-refractivity contribution in [2.75, 3.05) is 6.54 Å². The zero-order valence-corrected chi connectivity index (χ0v) is 9.17. The molecule has 0 amide bonds. The fourth-order valence-corrected chi connectivity index (χ4v) is 4.05. The maximum atomic E-state index is 13.5. The van der Waals surface area contributed by atoms with Gasteiger partial charge in [-0.3, -0.25) is 4.90 Å². The lowest BCUT2D eigenvalue weighted by Crippen LogP contribution is -2.42. The van der Waals surface area contributed by atoms with Crippen molar-refractivity contribution in [2.45, 2.75) is 57.3 Å². The van der Waals surface area contributed by atoms with E-state index < -0.39 is 6.17 Å². The van der Waals surface area contributed by atoms with E-state index in [0.29, 0.717) is 5.92 Å². The molecule has 1 nitrogen and oxygen atoms in total. The molecule has 3 rings (SSSR count). The van der Waals surface area contributed by atoms with E-state index in [4.69, 9.17) is 0 Å². The summed E-state index contributed by atoms with van der Waals surface area (Å²) in [7, 11) is 0. The van der Waals surface area contributed by atoms with Crippen LogP contribution in [0.3, 0.4) is 0 Å². The Morgan fingerprint density at radius 1 is 1.43 bits per heavy atom. The van der Waals surface area contributed by atoms with Crippen LogP contribution in [0.2, 0.25) is 0 Å². The highest BCUT2D eigenvalue weighted by atomic mass is 19.1. The highest BCUT2D eigenvalue weighted by Gasteiger charge is 2.62. The molecule has 0 spiro atoms. The highest BCUT2D eigenvalue weighted by molar-refractivity contribution is 5.17. The first-order chi connectivity index (χ1) is 6.61. The molecule has 3 fully saturated rings. The van der Waals surface area contributed by atoms with Crippen LogP contribution in [0, 0.1) is 11.8 Å². The van der Waals surface area contributed by atoms with Gasteiger partial charge in [0.25, 0.3) is 0 Å². The Bertz CT molecular complexity index is 249. The Kier molecular flexibility index (Phi) is 1.77. The average Bonchev–Trinajstić information content (AvgIpc) is 2.60. The number of piperidine rings is 1. The summed E-state index contributed by atoms with van der Waals surface area (Å²) in [5, 5.41) is 0. The Morgan fingerprint density at radius 3 is 2.93 bits per heavy atom. The second-order valence-electron chi connectivity index (χ2n) is 6.04. The van der Waals surface area contributed by atoms with E-state index >= 15 is 0 Å². The molecule has 1 saturated carbocycles. The Hall–Kier alpha value is -0.110. The molecule has 1 aliphatic carbocycles. The lowest BCUT2D eigenvalue weighted by atomic mass is 9.83. The molecule has 0 aromatic carbocycles. The monoisotopic (exact) mass is 197 g/mol. The van der Waals surface area contributed by atoms with Crippen LogP contribution in [-0.2, 0) is 0 Å². The van der Waals surface area contributed by atoms with Crippen LogP contribution >= 0.6 is 0 Å². The Morgan fingerprint density at radius 2 is 2.21 bits per heavy atom. The predicted octanol–water partition coefficient (Wildman–Crippen LogP) is 2.61. The highest BCUT2D eigenvalue weighted by Crippen LogP contribution is 2.58. The first kappa shape index (κ1) is 9.14. The number of hydrogen-bond donors (Lipinski definition) is 0. The maximum absolute atomic E-state index is 13.5. The summed E-state index contributed by atoms with van der Waals surface area (Å²) in [4.78, 5) is 2.52. The van der Waals surface area contributed by atoms with Crippen molar-refractivity contribution in [1.29, 1.82) is 0 Å². The van der Waals surface area contributed by atoms with E-state index in [1.807, 2.05) is 0 Å². The normalized spacial score (nSPS) is 51.0. The first-order valence-corrected chi connectivity index (χ1v) is 6.01. The van der Waals surface area contributed by atoms with Gasteiger partial charge in [-0.05, 0) is 37.5 Å². The standard InChI is InChI=1S/C12H20FN/c1-8(2)4-12-5-9-3-11(9)14(12)7-10(13)6-12/h8-11H,3-7H2,1-2H3. The molecular formula is C12H20FN. The van der Waals surface area contributed by atoms with Crippen molar-refractivity contribution >= 4 is 0 Å². The van der Waals surface area contributed by atoms with Gasteiger partial charge in [-0.2, -0.15) is 0 Å². The lowest BCUT2D eigenvalue weighted by molar-refractivity contribution is 0.132. The largest absolute Gasteiger partial charge is 0.291 e. The molecule has 2 heteroatoms. The number of hydrogen-bond acceptors (Lipinski definition) is 1. The minimum Gasteiger partial charge on any atom is -0.291 e. The van der Waals surface area contributed by atoms with Gasteiger partial charge in [0.1, 0.15) is 6.17 Å². The van der Waals surface area contributed by atoms with Gasteiger partial charge >= 0.3 is 0 Å². The molecule has 0 bridgehead atoms. The van der Waals surface area contributed by atoms with E-state index in [0.717, 1.165) is 24.9 Å². The van der Waals surface area contributed by atoms with Crippen LogP contribution in [0.1, 0.15) is 39.5 Å². The van der Waals surface area contributed by atoms with Crippen LogP contribution in [0.5, 0.6) is 0 Å². The van der Waals surface area contributed by atoms with Crippen molar-refractivity contribution in [3.05, 3.63) is 0 Å². The van der Waals surface area contributed by atoms with Crippen molar-refractivity contribution in [1.82, 2.24) is 4.90 Å². The summed E-state index contributed by atoms with van der Waals surface area (Å²) in [6, 6.07) is 0.773. The molecular weight excluding hydrogens is 177 g/mol. The fraction of sp³-hybridized carbons (Fsp3) is 1.00. The van der Waals surface area contributed by atoms with E-state index in [2.05, 4.69) is 18.7 Å². The van der Waals surface area contributed by atoms with Crippen LogP contribution in [0.4, 0.5) is 4.39 Å². The van der Waals surface area contributed by atoms with Crippen molar-refractivity contribution in [3.63, 3.8) is 0 Å². The number of nitrogens with zero attached hydrogens (tertiary/aromatic N) is 1. The summed E-state index contributed by atoms with van der Waals surface area (Å²) < 4.78 is 13.5. The smallest absolute Gasteiger partial charge is 0.115 e. The number of rotatable bonds is 2. The third kappa shape index (κ3) is 1.16. The molecule has 3 aliphatic rings. The fourth-order valence-electron chi connectivity index (χ4n) is 4.05. The summed E-state index contributed by atoms with van der Waals surface area (Å²) in [5.74, 6) is 1.64. The van der Waals surface area contributed by atoms with Gasteiger partial charge in [-0.15, -0.1) is 0 Å². The molecule has 2 heterocycles. The molecule has 0 aromatic rings. The second kappa shape index (κ2) is 2.72. The van der Waals surface area contributed by atoms with Gasteiger partial charge in [0.2, 0.25) is 0 Å². The van der Waals surface area contributed by atoms with Crippen molar-refractivity contribution < 1.29 is 4.39 Å². The van der Waals surface area contributed by atoms with Crippen LogP contribution < -0.4 is 0 Å². The molecule has 0 radical (unpaired) electrons. The maximum Gasteiger partial charge on any atom is 0.115 e.